The molecule has 0 saturated carbocycles. The molecule has 0 aromatic carbocycles. The lowest BCUT2D eigenvalue weighted by Crippen LogP contribution is -2.59. The first-order valence-corrected chi connectivity index (χ1v) is 4.33. The zero-order valence-electron chi connectivity index (χ0n) is 8.16. The van der Waals surface area contributed by atoms with E-state index in [-0.39, 0.29) is 6.61 Å². The summed E-state index contributed by atoms with van der Waals surface area (Å²) >= 11 is 0. The van der Waals surface area contributed by atoms with Gasteiger partial charge in [-0.3, -0.25) is 0 Å². The summed E-state index contributed by atoms with van der Waals surface area (Å²) in [4.78, 5) is 0. The van der Waals surface area contributed by atoms with Gasteiger partial charge in [0, 0.05) is 14.2 Å². The minimum atomic E-state index is -1.28. The number of hydrogen-bond donors (Lipinski definition) is 3. The SMILES string of the molecule is COC[C@@H]1O[C@H](OC)[C@@H](O)[C@H](O)[C@H]1O. The average molecular weight is 208 g/mol. The molecular weight excluding hydrogens is 192 g/mol. The van der Waals surface area contributed by atoms with E-state index in [1.165, 1.54) is 14.2 Å². The highest BCUT2D eigenvalue weighted by atomic mass is 16.7. The predicted octanol–water partition coefficient (Wildman–Crippen LogP) is -1.91. The van der Waals surface area contributed by atoms with Gasteiger partial charge in [0.05, 0.1) is 6.61 Å². The molecule has 0 radical (unpaired) electrons. The summed E-state index contributed by atoms with van der Waals surface area (Å²) in [5.74, 6) is 0. The Bertz CT molecular complexity index is 171. The van der Waals surface area contributed by atoms with E-state index in [0.29, 0.717) is 0 Å². The molecular formula is C8H16O6. The van der Waals surface area contributed by atoms with Crippen molar-refractivity contribution in [3.63, 3.8) is 0 Å². The maximum atomic E-state index is 9.48. The Kier molecular flexibility index (Phi) is 4.24. The number of rotatable bonds is 3. The van der Waals surface area contributed by atoms with Crippen molar-refractivity contribution in [2.45, 2.75) is 30.7 Å². The monoisotopic (exact) mass is 208 g/mol. The van der Waals surface area contributed by atoms with Gasteiger partial charge < -0.3 is 29.5 Å². The molecule has 6 heteroatoms. The summed E-state index contributed by atoms with van der Waals surface area (Å²) < 4.78 is 14.8. The van der Waals surface area contributed by atoms with Crippen molar-refractivity contribution in [1.82, 2.24) is 0 Å². The van der Waals surface area contributed by atoms with Crippen molar-refractivity contribution in [2.75, 3.05) is 20.8 Å². The van der Waals surface area contributed by atoms with Gasteiger partial charge in [0.25, 0.3) is 0 Å². The summed E-state index contributed by atoms with van der Waals surface area (Å²) in [6, 6.07) is 0. The lowest BCUT2D eigenvalue weighted by atomic mass is 9.99. The number of aliphatic hydroxyl groups excluding tert-OH is 3. The number of hydrogen-bond acceptors (Lipinski definition) is 6. The second-order valence-corrected chi connectivity index (χ2v) is 3.21. The molecule has 5 atom stereocenters. The molecule has 0 aromatic rings. The Hall–Kier alpha value is -0.240. The van der Waals surface area contributed by atoms with E-state index < -0.39 is 30.7 Å². The molecule has 1 fully saturated rings. The van der Waals surface area contributed by atoms with E-state index in [9.17, 15) is 15.3 Å². The van der Waals surface area contributed by atoms with Gasteiger partial charge in [-0.1, -0.05) is 0 Å². The molecule has 0 bridgehead atoms. The molecule has 0 aliphatic carbocycles. The first-order valence-electron chi connectivity index (χ1n) is 4.33. The molecule has 0 unspecified atom stereocenters. The molecule has 0 amide bonds. The minimum absolute atomic E-state index is 0.130. The number of aliphatic hydroxyl groups is 3. The smallest absolute Gasteiger partial charge is 0.186 e. The van der Waals surface area contributed by atoms with Crippen LogP contribution in [-0.2, 0) is 14.2 Å². The van der Waals surface area contributed by atoms with Crippen molar-refractivity contribution in [3.8, 4) is 0 Å². The molecule has 3 N–H and O–H groups in total. The molecule has 6 nitrogen and oxygen atoms in total. The standard InChI is InChI=1S/C8H16O6/c1-12-3-4-5(9)6(10)7(11)8(13-2)14-4/h4-11H,3H2,1-2H3/t4-,5-,6+,7-,8-/m0/s1. The van der Waals surface area contributed by atoms with E-state index in [1.54, 1.807) is 0 Å². The average Bonchev–Trinajstić information content (AvgIpc) is 2.19. The van der Waals surface area contributed by atoms with Crippen molar-refractivity contribution >= 4 is 0 Å². The van der Waals surface area contributed by atoms with E-state index >= 15 is 0 Å². The molecule has 14 heavy (non-hydrogen) atoms. The highest BCUT2D eigenvalue weighted by Crippen LogP contribution is 2.21. The van der Waals surface area contributed by atoms with E-state index in [4.69, 9.17) is 14.2 Å². The summed E-state index contributed by atoms with van der Waals surface area (Å²) in [5.41, 5.74) is 0. The first kappa shape index (κ1) is 11.8. The molecule has 1 rings (SSSR count). The largest absolute Gasteiger partial charge is 0.387 e. The van der Waals surface area contributed by atoms with Crippen LogP contribution in [-0.4, -0.2) is 66.9 Å². The van der Waals surface area contributed by atoms with Gasteiger partial charge >= 0.3 is 0 Å². The number of ether oxygens (including phenoxy) is 3. The maximum Gasteiger partial charge on any atom is 0.186 e. The third-order valence-electron chi connectivity index (χ3n) is 2.23. The van der Waals surface area contributed by atoms with Crippen molar-refractivity contribution in [1.29, 1.82) is 0 Å². The quantitative estimate of drug-likeness (QED) is 0.501. The molecule has 1 aliphatic heterocycles. The Balaban J connectivity index is 2.63. The maximum absolute atomic E-state index is 9.48. The van der Waals surface area contributed by atoms with Crippen LogP contribution in [0, 0.1) is 0 Å². The fraction of sp³-hybridized carbons (Fsp3) is 1.00. The highest BCUT2D eigenvalue weighted by Gasteiger charge is 2.43. The summed E-state index contributed by atoms with van der Waals surface area (Å²) in [6.07, 6.45) is -5.33. The van der Waals surface area contributed by atoms with E-state index in [2.05, 4.69) is 0 Å². The topological polar surface area (TPSA) is 88.4 Å². The Morgan fingerprint density at radius 3 is 2.21 bits per heavy atom. The minimum Gasteiger partial charge on any atom is -0.387 e. The van der Waals surface area contributed by atoms with Crippen LogP contribution in [0.4, 0.5) is 0 Å². The summed E-state index contributed by atoms with van der Waals surface area (Å²) in [5, 5.41) is 28.3. The second kappa shape index (κ2) is 5.01. The second-order valence-electron chi connectivity index (χ2n) is 3.21. The van der Waals surface area contributed by atoms with Gasteiger partial charge in [0.15, 0.2) is 6.29 Å². The van der Waals surface area contributed by atoms with Crippen LogP contribution >= 0.6 is 0 Å². The summed E-state index contributed by atoms with van der Waals surface area (Å²) in [7, 11) is 2.80. The molecule has 1 saturated heterocycles. The normalized spacial score (nSPS) is 43.9. The molecule has 1 aliphatic rings. The third-order valence-corrected chi connectivity index (χ3v) is 2.23. The Morgan fingerprint density at radius 2 is 1.71 bits per heavy atom. The first-order chi connectivity index (χ1) is 6.61. The van der Waals surface area contributed by atoms with Crippen LogP contribution in [0.2, 0.25) is 0 Å². The molecule has 0 aromatic heterocycles. The van der Waals surface area contributed by atoms with Crippen LogP contribution in [0.1, 0.15) is 0 Å². The molecule has 1 heterocycles. The van der Waals surface area contributed by atoms with E-state index in [0.717, 1.165) is 0 Å². The zero-order valence-corrected chi connectivity index (χ0v) is 8.16. The van der Waals surface area contributed by atoms with Gasteiger partial charge in [0.2, 0.25) is 0 Å². The van der Waals surface area contributed by atoms with Crippen molar-refractivity contribution in [3.05, 3.63) is 0 Å². The van der Waals surface area contributed by atoms with Crippen molar-refractivity contribution in [2.24, 2.45) is 0 Å². The lowest BCUT2D eigenvalue weighted by molar-refractivity contribution is -0.295. The van der Waals surface area contributed by atoms with E-state index in [1.807, 2.05) is 0 Å². The van der Waals surface area contributed by atoms with Gasteiger partial charge in [-0.25, -0.2) is 0 Å². The predicted molar refractivity (Wildman–Crippen MR) is 45.6 cm³/mol. The van der Waals surface area contributed by atoms with Crippen LogP contribution < -0.4 is 0 Å². The summed E-state index contributed by atoms with van der Waals surface area (Å²) in [6.45, 7) is 0.130. The van der Waals surface area contributed by atoms with Crippen LogP contribution in [0.25, 0.3) is 0 Å². The Labute approximate surface area is 82.0 Å². The number of methoxy groups -OCH3 is 2. The van der Waals surface area contributed by atoms with Crippen molar-refractivity contribution < 1.29 is 29.5 Å². The van der Waals surface area contributed by atoms with Gasteiger partial charge in [0.1, 0.15) is 24.4 Å². The zero-order chi connectivity index (χ0) is 10.7. The Morgan fingerprint density at radius 1 is 1.07 bits per heavy atom. The van der Waals surface area contributed by atoms with Gasteiger partial charge in [-0.15, -0.1) is 0 Å². The van der Waals surface area contributed by atoms with Crippen LogP contribution in [0.15, 0.2) is 0 Å². The van der Waals surface area contributed by atoms with Crippen LogP contribution in [0.3, 0.4) is 0 Å². The lowest BCUT2D eigenvalue weighted by Gasteiger charge is -2.39. The van der Waals surface area contributed by atoms with Gasteiger partial charge in [-0.05, 0) is 0 Å². The molecule has 0 spiro atoms. The van der Waals surface area contributed by atoms with Crippen LogP contribution in [0.5, 0.6) is 0 Å². The van der Waals surface area contributed by atoms with Gasteiger partial charge in [-0.2, -0.15) is 0 Å². The highest BCUT2D eigenvalue weighted by molar-refractivity contribution is 4.88. The third kappa shape index (κ3) is 2.22. The fourth-order valence-electron chi connectivity index (χ4n) is 1.41. The fourth-order valence-corrected chi connectivity index (χ4v) is 1.41. The molecule has 84 valence electrons.